The third kappa shape index (κ3) is 4.68. The molecule has 0 unspecified atom stereocenters. The third-order valence-electron chi connectivity index (χ3n) is 6.05. The summed E-state index contributed by atoms with van der Waals surface area (Å²) >= 11 is 6.53. The Kier molecular flexibility index (Phi) is 7.26. The van der Waals surface area contributed by atoms with Crippen LogP contribution in [0.25, 0.3) is 11.0 Å². The Hall–Kier alpha value is -3.26. The third-order valence-corrected chi connectivity index (χ3v) is 6.35. The number of carbonyl (C=O) groups is 2. The van der Waals surface area contributed by atoms with Crippen molar-refractivity contribution in [2.75, 3.05) is 18.5 Å². The molecular formula is C25H29ClN4O4. The molecule has 1 saturated carbocycles. The molecule has 3 aromatic rings. The molecule has 8 nitrogen and oxygen atoms in total. The lowest BCUT2D eigenvalue weighted by Gasteiger charge is -2.42. The van der Waals surface area contributed by atoms with E-state index in [1.54, 1.807) is 36.7 Å². The highest BCUT2D eigenvalue weighted by atomic mass is 35.5. The van der Waals surface area contributed by atoms with Gasteiger partial charge in [0.1, 0.15) is 17.9 Å². The number of aromatic nitrogens is 1. The van der Waals surface area contributed by atoms with E-state index < -0.39 is 5.54 Å². The molecule has 3 N–H and O–H groups in total. The molecule has 0 bridgehead atoms. The maximum atomic E-state index is 12.7. The number of anilines is 1. The predicted octanol–water partition coefficient (Wildman–Crippen LogP) is 5.61. The SMILES string of the molecule is CC.O=C1Nc2c(Cl)cc3cc(C(=O)NCCOc4cccnc4)oc3c2C2(CCCCC2)N1. The number of carbonyl (C=O) groups excluding carboxylic acids is 2. The monoisotopic (exact) mass is 484 g/mol. The van der Waals surface area contributed by atoms with Crippen molar-refractivity contribution in [2.24, 2.45) is 0 Å². The molecule has 1 aliphatic carbocycles. The van der Waals surface area contributed by atoms with E-state index in [4.69, 9.17) is 20.8 Å². The number of nitrogens with one attached hydrogen (secondary N) is 3. The molecule has 1 aromatic carbocycles. The molecule has 3 heterocycles. The number of benzene rings is 1. The molecule has 3 amide bonds. The van der Waals surface area contributed by atoms with Crippen molar-refractivity contribution < 1.29 is 18.7 Å². The Morgan fingerprint density at radius 3 is 2.79 bits per heavy atom. The number of nitrogens with zero attached hydrogens (tertiary/aromatic N) is 1. The van der Waals surface area contributed by atoms with Crippen LogP contribution in [0.3, 0.4) is 0 Å². The van der Waals surface area contributed by atoms with Crippen LogP contribution in [0.1, 0.15) is 62.1 Å². The van der Waals surface area contributed by atoms with E-state index in [0.717, 1.165) is 43.1 Å². The van der Waals surface area contributed by atoms with Gasteiger partial charge in [-0.25, -0.2) is 4.79 Å². The highest BCUT2D eigenvalue weighted by Gasteiger charge is 2.43. The summed E-state index contributed by atoms with van der Waals surface area (Å²) in [6, 6.07) is 6.73. The first-order chi connectivity index (χ1) is 16.6. The van der Waals surface area contributed by atoms with Gasteiger partial charge in [0.25, 0.3) is 5.91 Å². The van der Waals surface area contributed by atoms with E-state index in [2.05, 4.69) is 20.9 Å². The van der Waals surface area contributed by atoms with E-state index in [1.807, 2.05) is 13.8 Å². The van der Waals surface area contributed by atoms with Crippen LogP contribution >= 0.6 is 11.6 Å². The number of fused-ring (bicyclic) bond motifs is 4. The second kappa shape index (κ2) is 10.3. The van der Waals surface area contributed by atoms with Crippen LogP contribution in [0.4, 0.5) is 10.5 Å². The summed E-state index contributed by atoms with van der Waals surface area (Å²) in [5.74, 6) is 0.485. The Balaban J connectivity index is 0.00000133. The van der Waals surface area contributed by atoms with Crippen molar-refractivity contribution in [1.82, 2.24) is 15.6 Å². The number of ether oxygens (including phenoxy) is 1. The zero-order valence-electron chi connectivity index (χ0n) is 19.4. The summed E-state index contributed by atoms with van der Waals surface area (Å²) in [7, 11) is 0. The maximum absolute atomic E-state index is 12.7. The van der Waals surface area contributed by atoms with E-state index in [0.29, 0.717) is 35.2 Å². The average molecular weight is 485 g/mol. The van der Waals surface area contributed by atoms with Crippen molar-refractivity contribution in [1.29, 1.82) is 0 Å². The molecule has 1 fully saturated rings. The van der Waals surface area contributed by atoms with Crippen LogP contribution in [-0.4, -0.2) is 30.1 Å². The summed E-state index contributed by atoms with van der Waals surface area (Å²) in [4.78, 5) is 29.1. The lowest BCUT2D eigenvalue weighted by molar-refractivity contribution is 0.0921. The molecule has 34 heavy (non-hydrogen) atoms. The molecule has 0 atom stereocenters. The number of rotatable bonds is 5. The van der Waals surface area contributed by atoms with Gasteiger partial charge >= 0.3 is 6.03 Å². The topological polar surface area (TPSA) is 105 Å². The van der Waals surface area contributed by atoms with Gasteiger partial charge in [-0.05, 0) is 37.1 Å². The summed E-state index contributed by atoms with van der Waals surface area (Å²) in [6.45, 7) is 4.61. The predicted molar refractivity (Wildman–Crippen MR) is 132 cm³/mol. The second-order valence-electron chi connectivity index (χ2n) is 8.15. The largest absolute Gasteiger partial charge is 0.490 e. The standard InChI is InChI=1S/C23H23ClN4O4.C2H6/c24-16-11-14-12-17(21(29)26-9-10-31-15-5-4-8-25-13-15)32-20(14)18-19(16)27-22(30)28-23(18)6-2-1-3-7-23;1-2/h4-5,8,11-13H,1-3,6-7,9-10H2,(H,26,29)(H2,27,28,30);1-2H3. The van der Waals surface area contributed by atoms with Crippen LogP contribution in [0.2, 0.25) is 5.02 Å². The smallest absolute Gasteiger partial charge is 0.319 e. The Morgan fingerprint density at radius 1 is 1.26 bits per heavy atom. The highest BCUT2D eigenvalue weighted by molar-refractivity contribution is 6.35. The van der Waals surface area contributed by atoms with E-state index in [1.165, 1.54) is 0 Å². The molecular weight excluding hydrogens is 456 g/mol. The first kappa shape index (κ1) is 23.9. The lowest BCUT2D eigenvalue weighted by atomic mass is 9.74. The van der Waals surface area contributed by atoms with Crippen LogP contribution in [0, 0.1) is 0 Å². The number of pyridine rings is 1. The van der Waals surface area contributed by atoms with Gasteiger partial charge < -0.3 is 25.1 Å². The van der Waals surface area contributed by atoms with Gasteiger partial charge in [-0.1, -0.05) is 44.7 Å². The van der Waals surface area contributed by atoms with Gasteiger partial charge in [0, 0.05) is 17.1 Å². The Labute approximate surface area is 203 Å². The summed E-state index contributed by atoms with van der Waals surface area (Å²) in [5, 5.41) is 9.91. The fourth-order valence-corrected chi connectivity index (χ4v) is 4.91. The number of hydrogen-bond donors (Lipinski definition) is 3. The zero-order chi connectivity index (χ0) is 24.1. The molecule has 9 heteroatoms. The summed E-state index contributed by atoms with van der Waals surface area (Å²) < 4.78 is 11.6. The minimum absolute atomic E-state index is 0.189. The van der Waals surface area contributed by atoms with Crippen LogP contribution in [0.5, 0.6) is 5.75 Å². The Morgan fingerprint density at radius 2 is 2.06 bits per heavy atom. The van der Waals surface area contributed by atoms with Gasteiger partial charge in [0.05, 0.1) is 29.0 Å². The van der Waals surface area contributed by atoms with Gasteiger partial charge in [-0.15, -0.1) is 0 Å². The molecule has 0 saturated heterocycles. The van der Waals surface area contributed by atoms with Gasteiger partial charge in [0.15, 0.2) is 5.76 Å². The number of amides is 3. The second-order valence-corrected chi connectivity index (χ2v) is 8.56. The fourth-order valence-electron chi connectivity index (χ4n) is 4.65. The first-order valence-corrected chi connectivity index (χ1v) is 12.1. The minimum Gasteiger partial charge on any atom is -0.490 e. The van der Waals surface area contributed by atoms with Crippen molar-refractivity contribution in [3.63, 3.8) is 0 Å². The van der Waals surface area contributed by atoms with Crippen molar-refractivity contribution in [3.8, 4) is 5.75 Å². The van der Waals surface area contributed by atoms with Crippen LogP contribution in [0.15, 0.2) is 41.1 Å². The molecule has 180 valence electrons. The number of halogens is 1. The fraction of sp³-hybridized carbons (Fsp3) is 0.400. The first-order valence-electron chi connectivity index (χ1n) is 11.7. The van der Waals surface area contributed by atoms with Crippen LogP contribution < -0.4 is 20.7 Å². The normalized spacial score (nSPS) is 16.0. The lowest BCUT2D eigenvalue weighted by Crippen LogP contribution is -2.52. The summed E-state index contributed by atoms with van der Waals surface area (Å²) in [6.07, 6.45) is 8.00. The van der Waals surface area contributed by atoms with E-state index >= 15 is 0 Å². The van der Waals surface area contributed by atoms with Crippen molar-refractivity contribution in [2.45, 2.75) is 51.5 Å². The van der Waals surface area contributed by atoms with Gasteiger partial charge in [-0.3, -0.25) is 9.78 Å². The minimum atomic E-state index is -0.539. The number of urea groups is 1. The maximum Gasteiger partial charge on any atom is 0.319 e. The average Bonchev–Trinajstić information content (AvgIpc) is 3.28. The van der Waals surface area contributed by atoms with Gasteiger partial charge in [-0.2, -0.15) is 0 Å². The Bertz CT molecular complexity index is 1170. The molecule has 2 aliphatic rings. The number of furan rings is 1. The van der Waals surface area contributed by atoms with Crippen molar-refractivity contribution >= 4 is 40.2 Å². The van der Waals surface area contributed by atoms with E-state index in [9.17, 15) is 9.59 Å². The molecule has 5 rings (SSSR count). The zero-order valence-corrected chi connectivity index (χ0v) is 20.1. The molecule has 2 aromatic heterocycles. The van der Waals surface area contributed by atoms with Crippen LogP contribution in [-0.2, 0) is 5.54 Å². The molecule has 1 spiro atoms. The van der Waals surface area contributed by atoms with Gasteiger partial charge in [0.2, 0.25) is 0 Å². The van der Waals surface area contributed by atoms with E-state index in [-0.39, 0.29) is 17.7 Å². The van der Waals surface area contributed by atoms with Crippen molar-refractivity contribution in [3.05, 3.63) is 53.0 Å². The highest BCUT2D eigenvalue weighted by Crippen LogP contribution is 2.48. The molecule has 0 radical (unpaired) electrons. The quantitative estimate of drug-likeness (QED) is 0.408. The number of hydrogen-bond acceptors (Lipinski definition) is 5. The summed E-state index contributed by atoms with van der Waals surface area (Å²) in [5.41, 5.74) is 1.44. The molecule has 1 aliphatic heterocycles.